The van der Waals surface area contributed by atoms with Crippen LogP contribution in [-0.2, 0) is 4.79 Å². The molecule has 1 aromatic heterocycles. The van der Waals surface area contributed by atoms with Crippen LogP contribution in [0.3, 0.4) is 0 Å². The van der Waals surface area contributed by atoms with E-state index in [9.17, 15) is 9.59 Å². The van der Waals surface area contributed by atoms with Crippen LogP contribution in [0.25, 0.3) is 0 Å². The van der Waals surface area contributed by atoms with Gasteiger partial charge in [0.2, 0.25) is 11.7 Å². The zero-order valence-electron chi connectivity index (χ0n) is 11.8. The van der Waals surface area contributed by atoms with Gasteiger partial charge >= 0.3 is 0 Å². The van der Waals surface area contributed by atoms with Crippen molar-refractivity contribution in [2.45, 2.75) is 31.7 Å². The highest BCUT2D eigenvalue weighted by Crippen LogP contribution is 2.24. The van der Waals surface area contributed by atoms with Gasteiger partial charge in [-0.3, -0.25) is 9.59 Å². The van der Waals surface area contributed by atoms with Crippen LogP contribution in [0.15, 0.2) is 21.2 Å². The molecule has 1 atom stereocenters. The van der Waals surface area contributed by atoms with E-state index < -0.39 is 0 Å². The average Bonchev–Trinajstić information content (AvgIpc) is 2.91. The molecule has 116 valence electrons. The minimum absolute atomic E-state index is 0.00461. The molecule has 0 radical (unpaired) electrons. The van der Waals surface area contributed by atoms with Crippen LogP contribution < -0.4 is 11.1 Å². The van der Waals surface area contributed by atoms with Crippen LogP contribution in [0.2, 0.25) is 0 Å². The molecule has 2 amide bonds. The first-order valence-corrected chi connectivity index (χ1v) is 7.93. The summed E-state index contributed by atoms with van der Waals surface area (Å²) in [6, 6.07) is 1.71. The number of rotatable bonds is 5. The zero-order chi connectivity index (χ0) is 15.2. The van der Waals surface area contributed by atoms with Gasteiger partial charge in [-0.1, -0.05) is 0 Å². The molecule has 0 spiro atoms. The Bertz CT molecular complexity index is 503. The summed E-state index contributed by atoms with van der Waals surface area (Å²) in [4.78, 5) is 25.8. The first-order chi connectivity index (χ1) is 10.1. The van der Waals surface area contributed by atoms with Crippen molar-refractivity contribution in [1.29, 1.82) is 0 Å². The third kappa shape index (κ3) is 4.07. The van der Waals surface area contributed by atoms with E-state index in [0.717, 1.165) is 19.3 Å². The summed E-state index contributed by atoms with van der Waals surface area (Å²) in [6.07, 6.45) is 4.70. The molecule has 2 rings (SSSR count). The van der Waals surface area contributed by atoms with Crippen molar-refractivity contribution in [2.75, 3.05) is 19.6 Å². The van der Waals surface area contributed by atoms with Crippen LogP contribution >= 0.6 is 15.9 Å². The van der Waals surface area contributed by atoms with Crippen LogP contribution in [0.1, 0.15) is 36.2 Å². The van der Waals surface area contributed by atoms with E-state index in [1.54, 1.807) is 11.0 Å². The average molecular weight is 358 g/mol. The third-order valence-electron chi connectivity index (χ3n) is 3.61. The molecule has 7 heteroatoms. The molecule has 1 fully saturated rings. The van der Waals surface area contributed by atoms with Gasteiger partial charge < -0.3 is 20.4 Å². The SMILES string of the molecule is NCCC(=O)NCC1CCCCN1C(=O)c1occc1Br. The maximum absolute atomic E-state index is 12.5. The van der Waals surface area contributed by atoms with E-state index in [4.69, 9.17) is 10.2 Å². The third-order valence-corrected chi connectivity index (χ3v) is 4.23. The Morgan fingerprint density at radius 2 is 2.29 bits per heavy atom. The van der Waals surface area contributed by atoms with E-state index in [1.807, 2.05) is 0 Å². The topological polar surface area (TPSA) is 88.6 Å². The van der Waals surface area contributed by atoms with E-state index in [2.05, 4.69) is 21.2 Å². The van der Waals surface area contributed by atoms with Crippen molar-refractivity contribution >= 4 is 27.7 Å². The summed E-state index contributed by atoms with van der Waals surface area (Å²) in [5.41, 5.74) is 5.35. The van der Waals surface area contributed by atoms with Gasteiger partial charge in [0, 0.05) is 32.1 Å². The maximum atomic E-state index is 12.5. The van der Waals surface area contributed by atoms with Gasteiger partial charge in [0.1, 0.15) is 0 Å². The van der Waals surface area contributed by atoms with Crippen molar-refractivity contribution in [3.05, 3.63) is 22.6 Å². The number of hydrogen-bond acceptors (Lipinski definition) is 4. The number of carbonyl (C=O) groups excluding carboxylic acids is 2. The minimum atomic E-state index is -0.135. The number of amides is 2. The van der Waals surface area contributed by atoms with Gasteiger partial charge in [-0.2, -0.15) is 0 Å². The molecule has 1 aliphatic rings. The lowest BCUT2D eigenvalue weighted by atomic mass is 10.0. The second kappa shape index (κ2) is 7.61. The molecule has 21 heavy (non-hydrogen) atoms. The van der Waals surface area contributed by atoms with Gasteiger partial charge in [0.15, 0.2) is 0 Å². The number of piperidine rings is 1. The minimum Gasteiger partial charge on any atom is -0.458 e. The van der Waals surface area contributed by atoms with E-state index >= 15 is 0 Å². The number of likely N-dealkylation sites (tertiary alicyclic amines) is 1. The smallest absolute Gasteiger partial charge is 0.291 e. The summed E-state index contributed by atoms with van der Waals surface area (Å²) < 4.78 is 5.91. The Hall–Kier alpha value is -1.34. The standard InChI is InChI=1S/C14H20BrN3O3/c15-11-5-8-21-13(11)14(20)18-7-2-1-3-10(18)9-17-12(19)4-6-16/h5,8,10H,1-4,6-7,9,16H2,(H,17,19). The van der Waals surface area contributed by atoms with Crippen molar-refractivity contribution < 1.29 is 14.0 Å². The summed E-state index contributed by atoms with van der Waals surface area (Å²) in [5.74, 6) is 0.106. The van der Waals surface area contributed by atoms with Crippen molar-refractivity contribution in [2.24, 2.45) is 5.73 Å². The molecule has 0 bridgehead atoms. The lowest BCUT2D eigenvalue weighted by molar-refractivity contribution is -0.121. The number of nitrogens with zero attached hydrogens (tertiary/aromatic N) is 1. The number of halogens is 1. The highest BCUT2D eigenvalue weighted by molar-refractivity contribution is 9.10. The first kappa shape index (κ1) is 16.0. The van der Waals surface area contributed by atoms with Gasteiger partial charge in [0.25, 0.3) is 5.91 Å². The van der Waals surface area contributed by atoms with E-state index in [0.29, 0.717) is 36.3 Å². The summed E-state index contributed by atoms with van der Waals surface area (Å²) >= 11 is 3.31. The fraction of sp³-hybridized carbons (Fsp3) is 0.571. The Morgan fingerprint density at radius 3 is 2.95 bits per heavy atom. The van der Waals surface area contributed by atoms with Crippen molar-refractivity contribution in [3.63, 3.8) is 0 Å². The van der Waals surface area contributed by atoms with Gasteiger partial charge in [-0.05, 0) is 41.3 Å². The number of carbonyl (C=O) groups is 2. The van der Waals surface area contributed by atoms with E-state index in [-0.39, 0.29) is 17.9 Å². The second-order valence-electron chi connectivity index (χ2n) is 5.09. The lowest BCUT2D eigenvalue weighted by Crippen LogP contribution is -2.49. The zero-order valence-corrected chi connectivity index (χ0v) is 13.4. The molecule has 1 aromatic rings. The highest BCUT2D eigenvalue weighted by Gasteiger charge is 2.30. The highest BCUT2D eigenvalue weighted by atomic mass is 79.9. The number of nitrogens with two attached hydrogens (primary N) is 1. The predicted octanol–water partition coefficient (Wildman–Crippen LogP) is 1.50. The fourth-order valence-corrected chi connectivity index (χ4v) is 2.88. The normalized spacial score (nSPS) is 18.6. The first-order valence-electron chi connectivity index (χ1n) is 7.14. The Morgan fingerprint density at radius 1 is 1.48 bits per heavy atom. The Balaban J connectivity index is 2.00. The fourth-order valence-electron chi connectivity index (χ4n) is 2.51. The van der Waals surface area contributed by atoms with Crippen LogP contribution in [0.4, 0.5) is 0 Å². The van der Waals surface area contributed by atoms with Gasteiger partial charge in [-0.15, -0.1) is 0 Å². The molecular weight excluding hydrogens is 338 g/mol. The molecular formula is C14H20BrN3O3. The molecule has 6 nitrogen and oxygen atoms in total. The molecule has 1 saturated heterocycles. The van der Waals surface area contributed by atoms with Gasteiger partial charge in [0.05, 0.1) is 10.7 Å². The molecule has 0 saturated carbocycles. The monoisotopic (exact) mass is 357 g/mol. The molecule has 1 aliphatic heterocycles. The molecule has 2 heterocycles. The summed E-state index contributed by atoms with van der Waals surface area (Å²) in [7, 11) is 0. The van der Waals surface area contributed by atoms with E-state index in [1.165, 1.54) is 6.26 Å². The Labute approximate surface area is 132 Å². The lowest BCUT2D eigenvalue weighted by Gasteiger charge is -2.35. The molecule has 0 aromatic carbocycles. The quantitative estimate of drug-likeness (QED) is 0.835. The number of nitrogens with one attached hydrogen (secondary N) is 1. The second-order valence-corrected chi connectivity index (χ2v) is 5.94. The summed E-state index contributed by atoms with van der Waals surface area (Å²) in [5, 5.41) is 2.84. The largest absolute Gasteiger partial charge is 0.458 e. The number of furan rings is 1. The Kier molecular flexibility index (Phi) is 5.81. The predicted molar refractivity (Wildman–Crippen MR) is 81.8 cm³/mol. The van der Waals surface area contributed by atoms with Gasteiger partial charge in [-0.25, -0.2) is 0 Å². The summed E-state index contributed by atoms with van der Waals surface area (Å²) in [6.45, 7) is 1.48. The van der Waals surface area contributed by atoms with Crippen molar-refractivity contribution in [3.8, 4) is 0 Å². The van der Waals surface area contributed by atoms with Crippen LogP contribution in [-0.4, -0.2) is 42.4 Å². The molecule has 0 aliphatic carbocycles. The van der Waals surface area contributed by atoms with Crippen LogP contribution in [0.5, 0.6) is 0 Å². The molecule has 1 unspecified atom stereocenters. The maximum Gasteiger partial charge on any atom is 0.291 e. The number of hydrogen-bond donors (Lipinski definition) is 2. The van der Waals surface area contributed by atoms with Crippen LogP contribution in [0, 0.1) is 0 Å². The molecule has 3 N–H and O–H groups in total. The van der Waals surface area contributed by atoms with Crippen molar-refractivity contribution in [1.82, 2.24) is 10.2 Å².